The molecule has 1 spiro atoms. The van der Waals surface area contributed by atoms with E-state index in [1.165, 1.54) is 32.1 Å². The van der Waals surface area contributed by atoms with E-state index in [0.717, 1.165) is 19.8 Å². The number of morpholine rings is 1. The fraction of sp³-hybridized carbons (Fsp3) is 1.00. The second-order valence-electron chi connectivity index (χ2n) is 6.39. The summed E-state index contributed by atoms with van der Waals surface area (Å²) in [7, 11) is 1.78. The molecule has 2 unspecified atom stereocenters. The average molecular weight is 241 g/mol. The minimum atomic E-state index is 0.0298. The number of hydrogen-bond acceptors (Lipinski definition) is 3. The molecule has 2 rings (SSSR count). The zero-order valence-electron chi connectivity index (χ0n) is 11.6. The van der Waals surface area contributed by atoms with Crippen LogP contribution in [0.4, 0.5) is 0 Å². The van der Waals surface area contributed by atoms with Crippen LogP contribution in [-0.4, -0.2) is 38.5 Å². The van der Waals surface area contributed by atoms with Crippen LogP contribution in [-0.2, 0) is 9.47 Å². The number of methoxy groups -OCH3 is 1. The van der Waals surface area contributed by atoms with Gasteiger partial charge in [0, 0.05) is 13.7 Å². The number of nitrogens with one attached hydrogen (secondary N) is 1. The zero-order chi connectivity index (χ0) is 12.4. The molecular formula is C14H27NO2. The fourth-order valence-corrected chi connectivity index (χ4v) is 3.31. The maximum Gasteiger partial charge on any atom is 0.0858 e. The van der Waals surface area contributed by atoms with Crippen molar-refractivity contribution in [3.05, 3.63) is 0 Å². The molecule has 2 aliphatic rings. The van der Waals surface area contributed by atoms with E-state index in [0.29, 0.717) is 11.5 Å². The summed E-state index contributed by atoms with van der Waals surface area (Å²) in [6.07, 6.45) is 6.19. The average Bonchev–Trinajstić information content (AvgIpc) is 2.43. The van der Waals surface area contributed by atoms with Gasteiger partial charge in [0.25, 0.3) is 0 Å². The first kappa shape index (κ1) is 13.3. The minimum Gasteiger partial charge on any atom is -0.383 e. The molecule has 2 fully saturated rings. The standard InChI is InChI=1S/C14H27NO2/c1-13(2)5-4-6-14(8-7-13)12(11-16-3)15-9-10-17-14/h12,15H,4-11H2,1-3H3. The van der Waals surface area contributed by atoms with Crippen molar-refractivity contribution in [1.82, 2.24) is 5.32 Å². The van der Waals surface area contributed by atoms with Gasteiger partial charge in [0.05, 0.1) is 24.9 Å². The molecule has 0 bridgehead atoms. The van der Waals surface area contributed by atoms with Gasteiger partial charge in [0.2, 0.25) is 0 Å². The lowest BCUT2D eigenvalue weighted by molar-refractivity contribution is -0.119. The van der Waals surface area contributed by atoms with Gasteiger partial charge in [0.1, 0.15) is 0 Å². The van der Waals surface area contributed by atoms with E-state index in [1.54, 1.807) is 7.11 Å². The van der Waals surface area contributed by atoms with E-state index in [1.807, 2.05) is 0 Å². The highest BCUT2D eigenvalue weighted by atomic mass is 16.5. The predicted molar refractivity (Wildman–Crippen MR) is 69.2 cm³/mol. The van der Waals surface area contributed by atoms with Crippen LogP contribution in [0.1, 0.15) is 46.0 Å². The van der Waals surface area contributed by atoms with Gasteiger partial charge < -0.3 is 14.8 Å². The summed E-state index contributed by atoms with van der Waals surface area (Å²) in [5.74, 6) is 0. The van der Waals surface area contributed by atoms with E-state index >= 15 is 0 Å². The molecule has 1 saturated heterocycles. The molecule has 3 nitrogen and oxygen atoms in total. The van der Waals surface area contributed by atoms with Gasteiger partial charge in [-0.05, 0) is 37.5 Å². The molecule has 1 saturated carbocycles. The molecule has 2 atom stereocenters. The summed E-state index contributed by atoms with van der Waals surface area (Å²) in [4.78, 5) is 0. The van der Waals surface area contributed by atoms with Gasteiger partial charge in [-0.15, -0.1) is 0 Å². The molecule has 0 amide bonds. The van der Waals surface area contributed by atoms with Crippen molar-refractivity contribution in [1.29, 1.82) is 0 Å². The Morgan fingerprint density at radius 1 is 1.24 bits per heavy atom. The monoisotopic (exact) mass is 241 g/mol. The molecule has 0 aromatic heterocycles. The van der Waals surface area contributed by atoms with Crippen molar-refractivity contribution < 1.29 is 9.47 Å². The van der Waals surface area contributed by atoms with Crippen molar-refractivity contribution in [2.24, 2.45) is 5.41 Å². The van der Waals surface area contributed by atoms with Crippen LogP contribution >= 0.6 is 0 Å². The second kappa shape index (κ2) is 5.25. The third-order valence-electron chi connectivity index (χ3n) is 4.53. The molecule has 17 heavy (non-hydrogen) atoms. The first-order valence-corrected chi connectivity index (χ1v) is 6.94. The smallest absolute Gasteiger partial charge is 0.0858 e. The van der Waals surface area contributed by atoms with Gasteiger partial charge in [-0.2, -0.15) is 0 Å². The maximum atomic E-state index is 6.20. The molecule has 0 aromatic carbocycles. The SMILES string of the molecule is COCC1NCCOC12CCCC(C)(C)CC2. The lowest BCUT2D eigenvalue weighted by Crippen LogP contribution is -2.59. The van der Waals surface area contributed by atoms with Crippen LogP contribution in [0.25, 0.3) is 0 Å². The van der Waals surface area contributed by atoms with Crippen LogP contribution in [0.2, 0.25) is 0 Å². The number of ether oxygens (including phenoxy) is 2. The topological polar surface area (TPSA) is 30.5 Å². The lowest BCUT2D eigenvalue weighted by Gasteiger charge is -2.44. The normalized spacial score (nSPS) is 37.9. The van der Waals surface area contributed by atoms with Crippen molar-refractivity contribution in [3.8, 4) is 0 Å². The summed E-state index contributed by atoms with van der Waals surface area (Å²) < 4.78 is 11.6. The van der Waals surface area contributed by atoms with E-state index in [4.69, 9.17) is 9.47 Å². The van der Waals surface area contributed by atoms with Crippen molar-refractivity contribution in [2.45, 2.75) is 57.6 Å². The van der Waals surface area contributed by atoms with Gasteiger partial charge >= 0.3 is 0 Å². The minimum absolute atomic E-state index is 0.0298. The summed E-state index contributed by atoms with van der Waals surface area (Å²) in [5.41, 5.74) is 0.504. The Balaban J connectivity index is 2.08. The van der Waals surface area contributed by atoms with Crippen LogP contribution in [0.15, 0.2) is 0 Å². The molecule has 1 aliphatic carbocycles. The highest BCUT2D eigenvalue weighted by molar-refractivity contribution is 4.98. The van der Waals surface area contributed by atoms with E-state index in [2.05, 4.69) is 19.2 Å². The van der Waals surface area contributed by atoms with E-state index < -0.39 is 0 Å². The summed E-state index contributed by atoms with van der Waals surface area (Å²) >= 11 is 0. The van der Waals surface area contributed by atoms with Crippen LogP contribution in [0.5, 0.6) is 0 Å². The van der Waals surface area contributed by atoms with Crippen molar-refractivity contribution >= 4 is 0 Å². The zero-order valence-corrected chi connectivity index (χ0v) is 11.6. The Morgan fingerprint density at radius 2 is 2.06 bits per heavy atom. The maximum absolute atomic E-state index is 6.20. The van der Waals surface area contributed by atoms with Gasteiger partial charge in [-0.3, -0.25) is 0 Å². The Hall–Kier alpha value is -0.120. The first-order valence-electron chi connectivity index (χ1n) is 6.94. The van der Waals surface area contributed by atoms with Crippen molar-refractivity contribution in [3.63, 3.8) is 0 Å². The van der Waals surface area contributed by atoms with Gasteiger partial charge in [0.15, 0.2) is 0 Å². The number of hydrogen-bond donors (Lipinski definition) is 1. The molecule has 0 aromatic rings. The predicted octanol–water partition coefficient (Wildman–Crippen LogP) is 2.35. The molecule has 1 aliphatic heterocycles. The molecule has 100 valence electrons. The van der Waals surface area contributed by atoms with Gasteiger partial charge in [-0.25, -0.2) is 0 Å². The third kappa shape index (κ3) is 3.01. The summed E-state index contributed by atoms with van der Waals surface area (Å²) in [6, 6.07) is 0.371. The third-order valence-corrected chi connectivity index (χ3v) is 4.53. The Morgan fingerprint density at radius 3 is 2.82 bits per heavy atom. The van der Waals surface area contributed by atoms with E-state index in [9.17, 15) is 0 Å². The second-order valence-corrected chi connectivity index (χ2v) is 6.39. The van der Waals surface area contributed by atoms with Crippen LogP contribution in [0, 0.1) is 5.41 Å². The summed E-state index contributed by atoms with van der Waals surface area (Å²) in [5, 5.41) is 3.59. The van der Waals surface area contributed by atoms with Crippen LogP contribution in [0.3, 0.4) is 0 Å². The Bertz CT molecular complexity index is 253. The number of rotatable bonds is 2. The molecule has 1 heterocycles. The molecule has 1 N–H and O–H groups in total. The quantitative estimate of drug-likeness (QED) is 0.805. The highest BCUT2D eigenvalue weighted by Gasteiger charge is 2.44. The van der Waals surface area contributed by atoms with Crippen molar-refractivity contribution in [2.75, 3.05) is 26.9 Å². The molecular weight excluding hydrogens is 214 g/mol. The fourth-order valence-electron chi connectivity index (χ4n) is 3.31. The lowest BCUT2D eigenvalue weighted by atomic mass is 9.82. The highest BCUT2D eigenvalue weighted by Crippen LogP contribution is 2.42. The molecule has 0 radical (unpaired) electrons. The van der Waals surface area contributed by atoms with Crippen LogP contribution < -0.4 is 5.32 Å². The summed E-state index contributed by atoms with van der Waals surface area (Å²) in [6.45, 7) is 7.33. The first-order chi connectivity index (χ1) is 8.08. The van der Waals surface area contributed by atoms with E-state index in [-0.39, 0.29) is 5.60 Å². The Kier molecular flexibility index (Phi) is 4.11. The Labute approximate surface area is 105 Å². The molecule has 3 heteroatoms. The van der Waals surface area contributed by atoms with Gasteiger partial charge in [-0.1, -0.05) is 13.8 Å². The largest absolute Gasteiger partial charge is 0.383 e.